The SMILES string of the molecule is CCCCCCCCCCCOc1ccc(-c2ccc(OC(=O)c3ccc(O[C@@H](C)CCCCCC)cc3)cc2)cc1. The average molecular weight is 573 g/mol. The number of rotatable bonds is 21. The Morgan fingerprint density at radius 1 is 0.571 bits per heavy atom. The fraction of sp³-hybridized carbons (Fsp3) is 0.500. The Bertz CT molecular complexity index is 1120. The van der Waals surface area contributed by atoms with E-state index in [-0.39, 0.29) is 12.1 Å². The van der Waals surface area contributed by atoms with Crippen molar-refractivity contribution in [1.82, 2.24) is 0 Å². The van der Waals surface area contributed by atoms with Crippen molar-refractivity contribution in [3.05, 3.63) is 78.4 Å². The summed E-state index contributed by atoms with van der Waals surface area (Å²) in [5.74, 6) is 1.82. The van der Waals surface area contributed by atoms with Gasteiger partial charge in [0.2, 0.25) is 0 Å². The van der Waals surface area contributed by atoms with Gasteiger partial charge in [0.05, 0.1) is 18.3 Å². The second-order valence-electron chi connectivity index (χ2n) is 11.4. The molecule has 4 nitrogen and oxygen atoms in total. The van der Waals surface area contributed by atoms with Crippen molar-refractivity contribution in [2.24, 2.45) is 0 Å². The quantitative estimate of drug-likeness (QED) is 0.0723. The van der Waals surface area contributed by atoms with Crippen LogP contribution in [0, 0.1) is 0 Å². The van der Waals surface area contributed by atoms with Crippen LogP contribution < -0.4 is 14.2 Å². The highest BCUT2D eigenvalue weighted by molar-refractivity contribution is 5.91. The summed E-state index contributed by atoms with van der Waals surface area (Å²) in [6, 6.07) is 23.0. The molecule has 0 spiro atoms. The number of carbonyl (C=O) groups excluding carboxylic acids is 1. The molecule has 0 fully saturated rings. The lowest BCUT2D eigenvalue weighted by Gasteiger charge is -2.14. The molecule has 0 aliphatic rings. The number of carbonyl (C=O) groups is 1. The third kappa shape index (κ3) is 12.7. The van der Waals surface area contributed by atoms with Gasteiger partial charge in [0, 0.05) is 0 Å². The minimum atomic E-state index is -0.379. The maximum atomic E-state index is 12.7. The first kappa shape index (κ1) is 33.2. The zero-order valence-electron chi connectivity index (χ0n) is 26.2. The minimum absolute atomic E-state index is 0.159. The van der Waals surface area contributed by atoms with Crippen LogP contribution in [0.5, 0.6) is 17.2 Å². The number of hydrogen-bond donors (Lipinski definition) is 0. The molecule has 0 radical (unpaired) electrons. The highest BCUT2D eigenvalue weighted by Crippen LogP contribution is 2.26. The Hall–Kier alpha value is -3.27. The lowest BCUT2D eigenvalue weighted by molar-refractivity contribution is 0.0734. The van der Waals surface area contributed by atoms with Crippen LogP contribution in [0.2, 0.25) is 0 Å². The van der Waals surface area contributed by atoms with E-state index in [4.69, 9.17) is 14.2 Å². The van der Waals surface area contributed by atoms with Gasteiger partial charge in [0.25, 0.3) is 0 Å². The Morgan fingerprint density at radius 2 is 1.05 bits per heavy atom. The molecule has 0 unspecified atom stereocenters. The van der Waals surface area contributed by atoms with Gasteiger partial charge in [-0.2, -0.15) is 0 Å². The predicted molar refractivity (Wildman–Crippen MR) is 175 cm³/mol. The van der Waals surface area contributed by atoms with Gasteiger partial charge in [-0.05, 0) is 85.8 Å². The van der Waals surface area contributed by atoms with E-state index in [1.807, 2.05) is 48.5 Å². The Balaban J connectivity index is 1.37. The first-order valence-electron chi connectivity index (χ1n) is 16.4. The van der Waals surface area contributed by atoms with E-state index in [1.54, 1.807) is 12.1 Å². The van der Waals surface area contributed by atoms with Crippen LogP contribution in [0.4, 0.5) is 0 Å². The monoisotopic (exact) mass is 572 g/mol. The molecule has 0 bridgehead atoms. The molecule has 1 atom stereocenters. The third-order valence-corrected chi connectivity index (χ3v) is 7.66. The first-order chi connectivity index (χ1) is 20.6. The smallest absolute Gasteiger partial charge is 0.343 e. The Morgan fingerprint density at radius 3 is 1.62 bits per heavy atom. The molecule has 0 amide bonds. The van der Waals surface area contributed by atoms with E-state index in [0.29, 0.717) is 11.3 Å². The van der Waals surface area contributed by atoms with Gasteiger partial charge >= 0.3 is 5.97 Å². The Kier molecular flexibility index (Phi) is 15.7. The molecule has 0 aliphatic carbocycles. The van der Waals surface area contributed by atoms with E-state index in [9.17, 15) is 4.79 Å². The summed E-state index contributed by atoms with van der Waals surface area (Å²) in [6.07, 6.45) is 17.9. The van der Waals surface area contributed by atoms with E-state index in [1.165, 1.54) is 77.0 Å². The van der Waals surface area contributed by atoms with Gasteiger partial charge in [-0.15, -0.1) is 0 Å². The Labute approximate surface area is 254 Å². The van der Waals surface area contributed by atoms with Crippen LogP contribution in [0.1, 0.15) is 121 Å². The van der Waals surface area contributed by atoms with Crippen molar-refractivity contribution in [2.75, 3.05) is 6.61 Å². The normalized spacial score (nSPS) is 11.7. The number of esters is 1. The topological polar surface area (TPSA) is 44.8 Å². The highest BCUT2D eigenvalue weighted by Gasteiger charge is 2.11. The average Bonchev–Trinajstić information content (AvgIpc) is 3.01. The zero-order chi connectivity index (χ0) is 29.8. The minimum Gasteiger partial charge on any atom is -0.494 e. The number of benzene rings is 3. The molecule has 0 N–H and O–H groups in total. The fourth-order valence-electron chi connectivity index (χ4n) is 5.05. The van der Waals surface area contributed by atoms with Gasteiger partial charge in [-0.3, -0.25) is 0 Å². The summed E-state index contributed by atoms with van der Waals surface area (Å²) in [5.41, 5.74) is 2.66. The molecule has 3 aromatic carbocycles. The molecule has 0 saturated carbocycles. The van der Waals surface area contributed by atoms with Crippen LogP contribution >= 0.6 is 0 Å². The molecule has 42 heavy (non-hydrogen) atoms. The summed E-state index contributed by atoms with van der Waals surface area (Å²) in [4.78, 5) is 12.7. The lowest BCUT2D eigenvalue weighted by Crippen LogP contribution is -2.12. The van der Waals surface area contributed by atoms with E-state index in [2.05, 4.69) is 32.9 Å². The van der Waals surface area contributed by atoms with Crippen LogP contribution in [-0.4, -0.2) is 18.7 Å². The van der Waals surface area contributed by atoms with Gasteiger partial charge in [-0.1, -0.05) is 109 Å². The molecule has 3 rings (SSSR count). The standard InChI is InChI=1S/C38H52O4/c1-4-6-8-10-11-12-13-14-16-30-40-35-24-18-32(19-25-35)33-20-26-37(27-21-33)42-38(39)34-22-28-36(29-23-34)41-31(3)17-15-9-7-5-2/h18-29,31H,4-17,30H2,1-3H3/t31-/m0/s1. The van der Waals surface area contributed by atoms with Gasteiger partial charge < -0.3 is 14.2 Å². The predicted octanol–water partition coefficient (Wildman–Crippen LogP) is 11.2. The number of ether oxygens (including phenoxy) is 3. The second kappa shape index (κ2) is 19.8. The number of hydrogen-bond acceptors (Lipinski definition) is 4. The van der Waals surface area contributed by atoms with Crippen LogP contribution in [0.25, 0.3) is 11.1 Å². The van der Waals surface area contributed by atoms with Gasteiger partial charge in [-0.25, -0.2) is 4.79 Å². The maximum Gasteiger partial charge on any atom is 0.343 e. The zero-order valence-corrected chi connectivity index (χ0v) is 26.2. The third-order valence-electron chi connectivity index (χ3n) is 7.66. The molecule has 0 aliphatic heterocycles. The van der Waals surface area contributed by atoms with Crippen molar-refractivity contribution in [1.29, 1.82) is 0 Å². The molecular formula is C38H52O4. The van der Waals surface area contributed by atoms with Gasteiger partial charge in [0.15, 0.2) is 0 Å². The number of unbranched alkanes of at least 4 members (excludes halogenated alkanes) is 11. The van der Waals surface area contributed by atoms with Gasteiger partial charge in [0.1, 0.15) is 17.2 Å². The van der Waals surface area contributed by atoms with E-state index < -0.39 is 0 Å². The molecule has 4 heteroatoms. The molecule has 228 valence electrons. The molecule has 3 aromatic rings. The van der Waals surface area contributed by atoms with E-state index >= 15 is 0 Å². The van der Waals surface area contributed by atoms with Crippen LogP contribution in [0.3, 0.4) is 0 Å². The summed E-state index contributed by atoms with van der Waals surface area (Å²) in [7, 11) is 0. The molecule has 0 saturated heterocycles. The van der Waals surface area contributed by atoms with Crippen molar-refractivity contribution in [3.8, 4) is 28.4 Å². The van der Waals surface area contributed by atoms with Crippen molar-refractivity contribution in [2.45, 2.75) is 117 Å². The maximum absolute atomic E-state index is 12.7. The van der Waals surface area contributed by atoms with Crippen molar-refractivity contribution >= 4 is 5.97 Å². The fourth-order valence-corrected chi connectivity index (χ4v) is 5.05. The molecular weight excluding hydrogens is 520 g/mol. The summed E-state index contributed by atoms with van der Waals surface area (Å²) in [6.45, 7) is 7.35. The largest absolute Gasteiger partial charge is 0.494 e. The first-order valence-corrected chi connectivity index (χ1v) is 16.4. The lowest BCUT2D eigenvalue weighted by atomic mass is 10.1. The van der Waals surface area contributed by atoms with Crippen LogP contribution in [0.15, 0.2) is 72.8 Å². The summed E-state index contributed by atoms with van der Waals surface area (Å²) >= 11 is 0. The van der Waals surface area contributed by atoms with Crippen molar-refractivity contribution in [3.63, 3.8) is 0 Å². The van der Waals surface area contributed by atoms with E-state index in [0.717, 1.165) is 42.1 Å². The summed E-state index contributed by atoms with van der Waals surface area (Å²) in [5, 5.41) is 0. The highest BCUT2D eigenvalue weighted by atomic mass is 16.5. The second-order valence-corrected chi connectivity index (χ2v) is 11.4. The summed E-state index contributed by atoms with van der Waals surface area (Å²) < 4.78 is 17.6. The van der Waals surface area contributed by atoms with Crippen molar-refractivity contribution < 1.29 is 19.0 Å². The molecule has 0 heterocycles. The molecule has 0 aromatic heterocycles. The van der Waals surface area contributed by atoms with Crippen LogP contribution in [-0.2, 0) is 0 Å².